The van der Waals surface area contributed by atoms with Crippen LogP contribution in [0.4, 0.5) is 16.0 Å². The predicted octanol–water partition coefficient (Wildman–Crippen LogP) is 1.68. The Morgan fingerprint density at radius 1 is 1.20 bits per heavy atom. The molecular formula is C19H16FN9O. The molecule has 1 aliphatic heterocycles. The first kappa shape index (κ1) is 18.0. The zero-order valence-corrected chi connectivity index (χ0v) is 16.1. The highest BCUT2D eigenvalue weighted by Gasteiger charge is 2.42. The Kier molecular flexibility index (Phi) is 3.75. The van der Waals surface area contributed by atoms with E-state index in [0.717, 1.165) is 11.8 Å². The van der Waals surface area contributed by atoms with Gasteiger partial charge in [-0.25, -0.2) is 34.0 Å². The molecule has 10 nitrogen and oxygen atoms in total. The molecule has 1 aliphatic rings. The number of nitrogens with two attached hydrogens (primary N) is 1. The Hall–Kier alpha value is -4.02. The molecule has 0 saturated carbocycles. The summed E-state index contributed by atoms with van der Waals surface area (Å²) in [5.74, 6) is -0.0691. The number of aromatic nitrogens is 7. The fourth-order valence-corrected chi connectivity index (χ4v) is 3.56. The molecule has 0 bridgehead atoms. The number of hydrogen-bond acceptors (Lipinski definition) is 8. The molecule has 150 valence electrons. The molecule has 1 amide bonds. The molecule has 0 fully saturated rings. The molecule has 0 aliphatic carbocycles. The highest BCUT2D eigenvalue weighted by atomic mass is 19.1. The molecule has 0 spiro atoms. The molecule has 5 rings (SSSR count). The van der Waals surface area contributed by atoms with Crippen LogP contribution in [0.1, 0.15) is 25.0 Å². The van der Waals surface area contributed by atoms with Crippen molar-refractivity contribution in [2.45, 2.75) is 25.8 Å². The summed E-state index contributed by atoms with van der Waals surface area (Å²) < 4.78 is 15.6. The van der Waals surface area contributed by atoms with Gasteiger partial charge < -0.3 is 11.1 Å². The van der Waals surface area contributed by atoms with Crippen molar-refractivity contribution in [1.82, 2.24) is 34.7 Å². The standard InChI is InChI=1S/C19H16FN9O/c1-19(2)12-14(21)25-16(26-15(12)27-18(19)30)13-11-3-10(20)6-24-17(11)29(28-13)7-9-4-22-8-23-5-9/h3-6,8H,7H2,1-2H3,(H3,21,25,26,27,30). The third kappa shape index (κ3) is 2.66. The monoisotopic (exact) mass is 405 g/mol. The number of halogens is 1. The summed E-state index contributed by atoms with van der Waals surface area (Å²) in [7, 11) is 0. The maximum atomic E-state index is 14.0. The molecule has 4 aromatic heterocycles. The van der Waals surface area contributed by atoms with Crippen molar-refractivity contribution >= 4 is 28.6 Å². The number of hydrogen-bond donors (Lipinski definition) is 2. The Balaban J connectivity index is 1.69. The first-order valence-electron chi connectivity index (χ1n) is 9.10. The summed E-state index contributed by atoms with van der Waals surface area (Å²) in [6.07, 6.45) is 5.86. The number of fused-ring (bicyclic) bond motifs is 2. The second-order valence-corrected chi connectivity index (χ2v) is 7.51. The van der Waals surface area contributed by atoms with Crippen LogP contribution < -0.4 is 11.1 Å². The molecule has 5 heterocycles. The topological polar surface area (TPSA) is 137 Å². The van der Waals surface area contributed by atoms with E-state index in [2.05, 4.69) is 35.3 Å². The first-order chi connectivity index (χ1) is 14.3. The molecular weight excluding hydrogens is 389 g/mol. The molecule has 4 aromatic rings. The lowest BCUT2D eigenvalue weighted by Gasteiger charge is -2.15. The van der Waals surface area contributed by atoms with Gasteiger partial charge in [-0.3, -0.25) is 4.79 Å². The summed E-state index contributed by atoms with van der Waals surface area (Å²) in [4.78, 5) is 33.3. The minimum absolute atomic E-state index is 0.168. The van der Waals surface area contributed by atoms with E-state index >= 15 is 0 Å². The fourth-order valence-electron chi connectivity index (χ4n) is 3.56. The Bertz CT molecular complexity index is 1320. The minimum Gasteiger partial charge on any atom is -0.383 e. The Morgan fingerprint density at radius 2 is 1.97 bits per heavy atom. The van der Waals surface area contributed by atoms with E-state index in [1.165, 1.54) is 12.4 Å². The number of nitrogens with zero attached hydrogens (tertiary/aromatic N) is 7. The van der Waals surface area contributed by atoms with Crippen LogP contribution in [-0.2, 0) is 16.8 Å². The van der Waals surface area contributed by atoms with Gasteiger partial charge in [0.15, 0.2) is 11.5 Å². The Labute approximate surface area is 169 Å². The summed E-state index contributed by atoms with van der Waals surface area (Å²) in [5.41, 5.74) is 7.40. The maximum Gasteiger partial charge on any atom is 0.235 e. The van der Waals surface area contributed by atoms with E-state index in [1.54, 1.807) is 30.9 Å². The van der Waals surface area contributed by atoms with E-state index in [0.29, 0.717) is 34.7 Å². The minimum atomic E-state index is -0.847. The van der Waals surface area contributed by atoms with Crippen molar-refractivity contribution in [1.29, 1.82) is 0 Å². The number of anilines is 2. The summed E-state index contributed by atoms with van der Waals surface area (Å²) in [6, 6.07) is 1.32. The number of rotatable bonds is 3. The van der Waals surface area contributed by atoms with Gasteiger partial charge in [0, 0.05) is 18.0 Å². The van der Waals surface area contributed by atoms with Crippen LogP contribution in [0.15, 0.2) is 31.0 Å². The lowest BCUT2D eigenvalue weighted by molar-refractivity contribution is -0.119. The lowest BCUT2D eigenvalue weighted by atomic mass is 9.87. The highest BCUT2D eigenvalue weighted by Crippen LogP contribution is 2.40. The van der Waals surface area contributed by atoms with Crippen molar-refractivity contribution in [3.8, 4) is 11.5 Å². The van der Waals surface area contributed by atoms with Gasteiger partial charge in [-0.2, -0.15) is 5.10 Å². The van der Waals surface area contributed by atoms with Crippen LogP contribution in [0.25, 0.3) is 22.6 Å². The molecule has 3 N–H and O–H groups in total. The average molecular weight is 405 g/mol. The summed E-state index contributed by atoms with van der Waals surface area (Å²) in [6.45, 7) is 3.82. The summed E-state index contributed by atoms with van der Waals surface area (Å²) in [5, 5.41) is 7.72. The summed E-state index contributed by atoms with van der Waals surface area (Å²) >= 11 is 0. The zero-order valence-electron chi connectivity index (χ0n) is 16.1. The van der Waals surface area contributed by atoms with E-state index in [9.17, 15) is 9.18 Å². The van der Waals surface area contributed by atoms with Crippen LogP contribution in [0.3, 0.4) is 0 Å². The number of amides is 1. The highest BCUT2D eigenvalue weighted by molar-refractivity contribution is 6.06. The number of nitrogens with one attached hydrogen (secondary N) is 1. The van der Waals surface area contributed by atoms with E-state index in [1.807, 2.05) is 0 Å². The van der Waals surface area contributed by atoms with Crippen molar-refractivity contribution < 1.29 is 9.18 Å². The Morgan fingerprint density at radius 3 is 2.73 bits per heavy atom. The van der Waals surface area contributed by atoms with Crippen LogP contribution in [0, 0.1) is 5.82 Å². The molecule has 11 heteroatoms. The van der Waals surface area contributed by atoms with Crippen molar-refractivity contribution in [3.63, 3.8) is 0 Å². The lowest BCUT2D eigenvalue weighted by Crippen LogP contribution is -2.27. The molecule has 30 heavy (non-hydrogen) atoms. The molecule has 0 unspecified atom stereocenters. The van der Waals surface area contributed by atoms with Crippen molar-refractivity contribution in [3.05, 3.63) is 47.9 Å². The van der Waals surface area contributed by atoms with Gasteiger partial charge in [0.05, 0.1) is 29.1 Å². The number of nitrogen functional groups attached to an aromatic ring is 1. The number of pyridine rings is 1. The van der Waals surface area contributed by atoms with Crippen molar-refractivity contribution in [2.24, 2.45) is 0 Å². The van der Waals surface area contributed by atoms with Crippen LogP contribution in [-0.4, -0.2) is 40.6 Å². The van der Waals surface area contributed by atoms with E-state index in [4.69, 9.17) is 5.73 Å². The molecule has 0 aromatic carbocycles. The van der Waals surface area contributed by atoms with Crippen LogP contribution in [0.2, 0.25) is 0 Å². The fraction of sp³-hybridized carbons (Fsp3) is 0.211. The van der Waals surface area contributed by atoms with Crippen LogP contribution >= 0.6 is 0 Å². The van der Waals surface area contributed by atoms with Gasteiger partial charge in [0.25, 0.3) is 0 Å². The number of carbonyl (C=O) groups excluding carboxylic acids is 1. The number of carbonyl (C=O) groups is 1. The third-order valence-corrected chi connectivity index (χ3v) is 5.07. The molecule has 0 atom stereocenters. The zero-order chi connectivity index (χ0) is 21.0. The third-order valence-electron chi connectivity index (χ3n) is 5.07. The van der Waals surface area contributed by atoms with Gasteiger partial charge in [0.2, 0.25) is 5.91 Å². The largest absolute Gasteiger partial charge is 0.383 e. The van der Waals surface area contributed by atoms with E-state index in [-0.39, 0.29) is 17.5 Å². The first-order valence-corrected chi connectivity index (χ1v) is 9.10. The second kappa shape index (κ2) is 6.24. The molecule has 0 saturated heterocycles. The predicted molar refractivity (Wildman–Crippen MR) is 106 cm³/mol. The van der Waals surface area contributed by atoms with E-state index < -0.39 is 11.2 Å². The van der Waals surface area contributed by atoms with Gasteiger partial charge in [-0.15, -0.1) is 0 Å². The normalized spacial score (nSPS) is 14.7. The second-order valence-electron chi connectivity index (χ2n) is 7.51. The van der Waals surface area contributed by atoms with Crippen molar-refractivity contribution in [2.75, 3.05) is 11.1 Å². The van der Waals surface area contributed by atoms with Gasteiger partial charge >= 0.3 is 0 Å². The van der Waals surface area contributed by atoms with Gasteiger partial charge in [0.1, 0.15) is 29.5 Å². The quantitative estimate of drug-likeness (QED) is 0.525. The SMILES string of the molecule is CC1(C)C(=O)Nc2nc(-c3nn(Cc4cncnc4)c4ncc(F)cc34)nc(N)c21. The maximum absolute atomic E-state index is 14.0. The molecule has 0 radical (unpaired) electrons. The van der Waals surface area contributed by atoms with Crippen LogP contribution in [0.5, 0.6) is 0 Å². The smallest absolute Gasteiger partial charge is 0.235 e. The van der Waals surface area contributed by atoms with Gasteiger partial charge in [-0.05, 0) is 19.9 Å². The average Bonchev–Trinajstić information content (AvgIpc) is 3.16. The van der Waals surface area contributed by atoms with Gasteiger partial charge in [-0.1, -0.05) is 0 Å².